The first kappa shape index (κ1) is 23.8. The first-order valence-corrected chi connectivity index (χ1v) is 7.49. The topological polar surface area (TPSA) is 54.5 Å². The van der Waals surface area contributed by atoms with Gasteiger partial charge in [-0.05, 0) is 44.5 Å². The number of nitrogens with one attached hydrogen (secondary N) is 1. The van der Waals surface area contributed by atoms with E-state index in [4.69, 9.17) is 0 Å². The van der Waals surface area contributed by atoms with Crippen LogP contribution >= 0.6 is 24.8 Å². The van der Waals surface area contributed by atoms with Crippen molar-refractivity contribution >= 4 is 30.7 Å². The average Bonchev–Trinajstić information content (AvgIpc) is 2.53. The Balaban J connectivity index is 0.00000288. The van der Waals surface area contributed by atoms with Crippen LogP contribution in [0.15, 0.2) is 18.3 Å². The molecule has 0 unspecified atom stereocenters. The van der Waals surface area contributed by atoms with Crippen LogP contribution in [0.4, 0.5) is 13.2 Å². The number of aromatic nitrogens is 1. The van der Waals surface area contributed by atoms with Crippen molar-refractivity contribution in [3.05, 3.63) is 23.9 Å². The Bertz CT molecular complexity index is 539. The first-order chi connectivity index (χ1) is 10.9. The molecular weight excluding hydrogens is 382 g/mol. The van der Waals surface area contributed by atoms with Crippen molar-refractivity contribution in [2.24, 2.45) is 5.92 Å². The average molecular weight is 404 g/mol. The third kappa shape index (κ3) is 7.25. The fraction of sp³-hybridized carbons (Fsp3) is 0.600. The highest BCUT2D eigenvalue weighted by molar-refractivity contribution is 5.96. The Kier molecular flexibility index (Phi) is 10.1. The van der Waals surface area contributed by atoms with E-state index < -0.39 is 12.8 Å². The molecule has 1 aromatic rings. The molecule has 1 aromatic heterocycles. The lowest BCUT2D eigenvalue weighted by atomic mass is 9.96. The largest absolute Gasteiger partial charge is 0.467 e. The van der Waals surface area contributed by atoms with Gasteiger partial charge in [0.05, 0.1) is 0 Å². The number of likely N-dealkylation sites (tertiary alicyclic amines) is 1. The maximum Gasteiger partial charge on any atom is 0.422 e. The van der Waals surface area contributed by atoms with Gasteiger partial charge in [-0.1, -0.05) is 0 Å². The van der Waals surface area contributed by atoms with Gasteiger partial charge >= 0.3 is 6.18 Å². The third-order valence-corrected chi connectivity index (χ3v) is 3.77. The molecule has 0 aliphatic carbocycles. The van der Waals surface area contributed by atoms with E-state index >= 15 is 0 Å². The van der Waals surface area contributed by atoms with Crippen LogP contribution in [0.1, 0.15) is 23.2 Å². The molecule has 1 aliphatic heterocycles. The van der Waals surface area contributed by atoms with Crippen molar-refractivity contribution in [1.82, 2.24) is 15.2 Å². The van der Waals surface area contributed by atoms with E-state index in [1.807, 2.05) is 7.05 Å². The van der Waals surface area contributed by atoms with Gasteiger partial charge in [0, 0.05) is 19.3 Å². The SMILES string of the molecule is CNCC1CCN(C(=O)c2cccnc2OCC(F)(F)F)CC1.Cl.Cl. The Hall–Kier alpha value is -1.25. The predicted octanol–water partition coefficient (Wildman–Crippen LogP) is 2.94. The highest BCUT2D eigenvalue weighted by atomic mass is 35.5. The number of carbonyl (C=O) groups excluding carboxylic acids is 1. The maximum absolute atomic E-state index is 12.5. The van der Waals surface area contributed by atoms with E-state index in [1.54, 1.807) is 4.90 Å². The summed E-state index contributed by atoms with van der Waals surface area (Å²) in [6.45, 7) is 0.598. The summed E-state index contributed by atoms with van der Waals surface area (Å²) in [4.78, 5) is 17.9. The summed E-state index contributed by atoms with van der Waals surface area (Å²) >= 11 is 0. The molecule has 5 nitrogen and oxygen atoms in total. The van der Waals surface area contributed by atoms with E-state index in [2.05, 4.69) is 15.0 Å². The summed E-state index contributed by atoms with van der Waals surface area (Å²) in [5, 5.41) is 3.11. The van der Waals surface area contributed by atoms with Crippen LogP contribution in [0.3, 0.4) is 0 Å². The highest BCUT2D eigenvalue weighted by Gasteiger charge is 2.31. The lowest BCUT2D eigenvalue weighted by Gasteiger charge is -2.32. The quantitative estimate of drug-likeness (QED) is 0.820. The molecule has 1 saturated heterocycles. The zero-order chi connectivity index (χ0) is 16.9. The van der Waals surface area contributed by atoms with Gasteiger partial charge in [-0.2, -0.15) is 13.2 Å². The van der Waals surface area contributed by atoms with Gasteiger partial charge in [-0.25, -0.2) is 4.98 Å². The standard InChI is InChI=1S/C15H20F3N3O2.2ClH/c1-19-9-11-4-7-21(8-5-11)14(22)12-3-2-6-20-13(12)23-10-15(16,17)18;;/h2-3,6,11,19H,4-5,7-10H2,1H3;2*1H. The first-order valence-electron chi connectivity index (χ1n) is 7.49. The zero-order valence-corrected chi connectivity index (χ0v) is 15.3. The zero-order valence-electron chi connectivity index (χ0n) is 13.7. The van der Waals surface area contributed by atoms with Crippen molar-refractivity contribution in [2.45, 2.75) is 19.0 Å². The molecule has 0 aromatic carbocycles. The van der Waals surface area contributed by atoms with Crippen LogP contribution in [0.2, 0.25) is 0 Å². The summed E-state index contributed by atoms with van der Waals surface area (Å²) in [5.74, 6) is -0.0933. The normalized spacial score (nSPS) is 15.1. The molecule has 1 amide bonds. The van der Waals surface area contributed by atoms with Crippen LogP contribution < -0.4 is 10.1 Å². The summed E-state index contributed by atoms with van der Waals surface area (Å²) in [5.41, 5.74) is 0.0730. The van der Waals surface area contributed by atoms with Crippen molar-refractivity contribution in [3.8, 4) is 5.88 Å². The number of halogens is 5. The van der Waals surface area contributed by atoms with E-state index in [0.29, 0.717) is 19.0 Å². The third-order valence-electron chi connectivity index (χ3n) is 3.77. The van der Waals surface area contributed by atoms with Gasteiger partial charge < -0.3 is 15.0 Å². The number of hydrogen-bond donors (Lipinski definition) is 1. The maximum atomic E-state index is 12.5. The predicted molar refractivity (Wildman–Crippen MR) is 92.8 cm³/mol. The number of nitrogens with zero attached hydrogens (tertiary/aromatic N) is 2. The molecule has 0 radical (unpaired) electrons. The van der Waals surface area contributed by atoms with Gasteiger partial charge in [-0.15, -0.1) is 24.8 Å². The minimum Gasteiger partial charge on any atom is -0.467 e. The van der Waals surface area contributed by atoms with Gasteiger partial charge in [0.15, 0.2) is 6.61 Å². The molecule has 0 atom stereocenters. The number of alkyl halides is 3. The molecule has 0 saturated carbocycles. The molecule has 144 valence electrons. The molecule has 2 heterocycles. The molecule has 2 rings (SSSR count). The number of pyridine rings is 1. The summed E-state index contributed by atoms with van der Waals surface area (Å²) in [6.07, 6.45) is -1.43. The molecule has 10 heteroatoms. The molecule has 25 heavy (non-hydrogen) atoms. The smallest absolute Gasteiger partial charge is 0.422 e. The number of amides is 1. The Morgan fingerprint density at radius 2 is 2.00 bits per heavy atom. The minimum absolute atomic E-state index is 0. The van der Waals surface area contributed by atoms with Gasteiger partial charge in [0.25, 0.3) is 5.91 Å². The molecule has 0 spiro atoms. The molecule has 1 N–H and O–H groups in total. The van der Waals surface area contributed by atoms with Crippen LogP contribution in [-0.4, -0.2) is 55.3 Å². The van der Waals surface area contributed by atoms with Crippen molar-refractivity contribution in [2.75, 3.05) is 33.3 Å². The van der Waals surface area contributed by atoms with Crippen molar-refractivity contribution in [3.63, 3.8) is 0 Å². The van der Waals surface area contributed by atoms with Gasteiger partial charge in [-0.3, -0.25) is 4.79 Å². The second-order valence-corrected chi connectivity index (χ2v) is 5.55. The molecular formula is C15H22Cl2F3N3O2. The Morgan fingerprint density at radius 1 is 1.36 bits per heavy atom. The number of ether oxygens (including phenoxy) is 1. The summed E-state index contributed by atoms with van der Waals surface area (Å²) < 4.78 is 41.6. The van der Waals surface area contributed by atoms with Crippen molar-refractivity contribution in [1.29, 1.82) is 0 Å². The fourth-order valence-electron chi connectivity index (χ4n) is 2.62. The van der Waals surface area contributed by atoms with E-state index in [1.165, 1.54) is 18.3 Å². The monoisotopic (exact) mass is 403 g/mol. The number of hydrogen-bond acceptors (Lipinski definition) is 4. The number of carbonyl (C=O) groups is 1. The molecule has 0 bridgehead atoms. The Morgan fingerprint density at radius 3 is 2.56 bits per heavy atom. The minimum atomic E-state index is -4.47. The number of rotatable bonds is 5. The summed E-state index contributed by atoms with van der Waals surface area (Å²) in [7, 11) is 1.89. The van der Waals surface area contributed by atoms with E-state index in [9.17, 15) is 18.0 Å². The van der Waals surface area contributed by atoms with Crippen LogP contribution in [-0.2, 0) is 0 Å². The summed E-state index contributed by atoms with van der Waals surface area (Å²) in [6, 6.07) is 2.96. The Labute approximate surface area is 157 Å². The van der Waals surface area contributed by atoms with E-state index in [0.717, 1.165) is 19.4 Å². The lowest BCUT2D eigenvalue weighted by molar-refractivity contribution is -0.154. The fourth-order valence-corrected chi connectivity index (χ4v) is 2.62. The van der Waals surface area contributed by atoms with Gasteiger partial charge in [0.2, 0.25) is 5.88 Å². The number of piperidine rings is 1. The van der Waals surface area contributed by atoms with Crippen LogP contribution in [0, 0.1) is 5.92 Å². The van der Waals surface area contributed by atoms with Crippen LogP contribution in [0.25, 0.3) is 0 Å². The molecule has 1 aliphatic rings. The molecule has 1 fully saturated rings. The van der Waals surface area contributed by atoms with Crippen molar-refractivity contribution < 1.29 is 22.7 Å². The second-order valence-electron chi connectivity index (χ2n) is 5.55. The second kappa shape index (κ2) is 10.7. The highest BCUT2D eigenvalue weighted by Crippen LogP contribution is 2.23. The van der Waals surface area contributed by atoms with Crippen LogP contribution in [0.5, 0.6) is 5.88 Å². The van der Waals surface area contributed by atoms with Gasteiger partial charge in [0.1, 0.15) is 5.56 Å². The lowest BCUT2D eigenvalue weighted by Crippen LogP contribution is -2.40. The van der Waals surface area contributed by atoms with E-state index in [-0.39, 0.29) is 42.2 Å².